The zero-order valence-electron chi connectivity index (χ0n) is 10.3. The minimum atomic E-state index is -0.885. The molecule has 7 heteroatoms. The molecule has 0 saturated carbocycles. The van der Waals surface area contributed by atoms with E-state index in [0.717, 1.165) is 0 Å². The van der Waals surface area contributed by atoms with Crippen LogP contribution in [0.3, 0.4) is 0 Å². The van der Waals surface area contributed by atoms with Gasteiger partial charge in [-0.1, -0.05) is 0 Å². The van der Waals surface area contributed by atoms with Crippen LogP contribution in [0.25, 0.3) is 5.65 Å². The van der Waals surface area contributed by atoms with Gasteiger partial charge >= 0.3 is 0 Å². The van der Waals surface area contributed by atoms with Gasteiger partial charge in [0, 0.05) is 0 Å². The molecule has 0 radical (unpaired) electrons. The Morgan fingerprint density at radius 3 is 2.59 bits per heavy atom. The van der Waals surface area contributed by atoms with Crippen molar-refractivity contribution in [3.63, 3.8) is 0 Å². The van der Waals surface area contributed by atoms with Gasteiger partial charge in [-0.15, -0.1) is 14.8 Å². The Hall–Kier alpha value is -1.76. The lowest BCUT2D eigenvalue weighted by Crippen LogP contribution is -2.51. The van der Waals surface area contributed by atoms with Crippen LogP contribution in [-0.4, -0.2) is 41.5 Å². The molecule has 2 aromatic rings. The highest BCUT2D eigenvalue weighted by molar-refractivity contribution is 5.44. The van der Waals surface area contributed by atoms with Crippen LogP contribution in [0, 0.1) is 0 Å². The van der Waals surface area contributed by atoms with Gasteiger partial charge in [-0.3, -0.25) is 0 Å². The molecule has 2 rings (SSSR count). The molecule has 0 unspecified atom stereocenters. The van der Waals surface area contributed by atoms with Crippen molar-refractivity contribution in [2.45, 2.75) is 38.8 Å². The molecule has 2 N–H and O–H groups in total. The van der Waals surface area contributed by atoms with E-state index in [1.54, 1.807) is 26.0 Å². The first-order valence-electron chi connectivity index (χ1n) is 5.36. The molecule has 7 nitrogen and oxygen atoms in total. The first-order valence-corrected chi connectivity index (χ1v) is 5.36. The smallest absolute Gasteiger partial charge is 0.200 e. The third-order valence-electron chi connectivity index (χ3n) is 3.04. The lowest BCUT2D eigenvalue weighted by Gasteiger charge is -2.38. The third-order valence-corrected chi connectivity index (χ3v) is 3.04. The molecule has 0 spiro atoms. The molecule has 2 heterocycles. The number of hydrogen-bond acceptors (Lipinski definition) is 6. The number of fused-ring (bicyclic) bond motifs is 1. The number of hydrogen-bond donors (Lipinski definition) is 2. The second-order valence-corrected chi connectivity index (χ2v) is 5.05. The van der Waals surface area contributed by atoms with Crippen LogP contribution < -0.4 is 5.32 Å². The summed E-state index contributed by atoms with van der Waals surface area (Å²) >= 11 is 0. The van der Waals surface area contributed by atoms with Gasteiger partial charge in [-0.25, -0.2) is 0 Å². The van der Waals surface area contributed by atoms with Crippen molar-refractivity contribution in [2.75, 3.05) is 5.32 Å². The summed E-state index contributed by atoms with van der Waals surface area (Å²) in [7, 11) is 0. The lowest BCUT2D eigenvalue weighted by molar-refractivity contribution is 0.0238. The first kappa shape index (κ1) is 11.7. The summed E-state index contributed by atoms with van der Waals surface area (Å²) in [6.45, 7) is 7.29. The molecule has 0 aromatic carbocycles. The fourth-order valence-corrected chi connectivity index (χ4v) is 1.19. The zero-order valence-corrected chi connectivity index (χ0v) is 10.3. The number of aliphatic hydroxyl groups is 1. The van der Waals surface area contributed by atoms with Gasteiger partial charge in [0.2, 0.25) is 0 Å². The topological polar surface area (TPSA) is 88.2 Å². The Morgan fingerprint density at radius 2 is 1.94 bits per heavy atom. The van der Waals surface area contributed by atoms with Crippen LogP contribution in [0.1, 0.15) is 27.7 Å². The lowest BCUT2D eigenvalue weighted by atomic mass is 9.86. The van der Waals surface area contributed by atoms with Gasteiger partial charge in [0.1, 0.15) is 5.82 Å². The van der Waals surface area contributed by atoms with Crippen LogP contribution in [0.4, 0.5) is 5.82 Å². The molecule has 0 aliphatic heterocycles. The Balaban J connectivity index is 2.29. The standard InChI is InChI=1S/C10H16N6O/c1-9(2,10(3,4)17)11-7-5-6-8-12-14-15-16(8)13-7/h5-6,17H,1-4H3,(H,11,13). The third kappa shape index (κ3) is 2.19. The Bertz CT molecular complexity index is 527. The summed E-state index contributed by atoms with van der Waals surface area (Å²) in [6, 6.07) is 3.54. The van der Waals surface area contributed by atoms with Crippen LogP contribution in [0.2, 0.25) is 0 Å². The molecular weight excluding hydrogens is 220 g/mol. The average Bonchev–Trinajstić information content (AvgIpc) is 2.62. The molecule has 0 aliphatic carbocycles. The van der Waals surface area contributed by atoms with Crippen molar-refractivity contribution in [3.05, 3.63) is 12.1 Å². The number of nitrogens with zero attached hydrogens (tertiary/aromatic N) is 5. The van der Waals surface area contributed by atoms with Gasteiger partial charge in [-0.05, 0) is 50.3 Å². The molecule has 0 saturated heterocycles. The van der Waals surface area contributed by atoms with Crippen molar-refractivity contribution in [1.29, 1.82) is 0 Å². The molecule has 0 amide bonds. The number of anilines is 1. The number of tetrazole rings is 1. The summed E-state index contributed by atoms with van der Waals surface area (Å²) < 4.78 is 1.34. The van der Waals surface area contributed by atoms with E-state index in [2.05, 4.69) is 25.9 Å². The van der Waals surface area contributed by atoms with Crippen LogP contribution in [0.15, 0.2) is 12.1 Å². The molecule has 0 atom stereocenters. The Kier molecular flexibility index (Phi) is 2.50. The normalized spacial score (nSPS) is 13.0. The van der Waals surface area contributed by atoms with Gasteiger partial charge < -0.3 is 10.4 Å². The highest BCUT2D eigenvalue weighted by Crippen LogP contribution is 2.24. The molecule has 17 heavy (non-hydrogen) atoms. The van der Waals surface area contributed by atoms with E-state index in [4.69, 9.17) is 0 Å². The predicted molar refractivity (Wildman–Crippen MR) is 62.6 cm³/mol. The molecule has 2 aromatic heterocycles. The van der Waals surface area contributed by atoms with Crippen molar-refractivity contribution in [1.82, 2.24) is 25.3 Å². The number of nitrogens with one attached hydrogen (secondary N) is 1. The molecule has 92 valence electrons. The van der Waals surface area contributed by atoms with Crippen LogP contribution in [-0.2, 0) is 0 Å². The minimum absolute atomic E-state index is 0.526. The number of aromatic nitrogens is 5. The number of rotatable bonds is 3. The minimum Gasteiger partial charge on any atom is -0.388 e. The quantitative estimate of drug-likeness (QED) is 0.806. The van der Waals surface area contributed by atoms with E-state index in [0.29, 0.717) is 11.5 Å². The summed E-state index contributed by atoms with van der Waals surface area (Å²) in [6.07, 6.45) is 0. The monoisotopic (exact) mass is 236 g/mol. The highest BCUT2D eigenvalue weighted by atomic mass is 16.3. The average molecular weight is 236 g/mol. The Morgan fingerprint density at radius 1 is 1.24 bits per heavy atom. The van der Waals surface area contributed by atoms with E-state index in [1.807, 2.05) is 13.8 Å². The largest absolute Gasteiger partial charge is 0.388 e. The van der Waals surface area contributed by atoms with Crippen molar-refractivity contribution in [3.8, 4) is 0 Å². The highest BCUT2D eigenvalue weighted by Gasteiger charge is 2.35. The van der Waals surface area contributed by atoms with E-state index < -0.39 is 11.1 Å². The summed E-state index contributed by atoms with van der Waals surface area (Å²) in [4.78, 5) is 0. The fraction of sp³-hybridized carbons (Fsp3) is 0.600. The molecule has 0 bridgehead atoms. The van der Waals surface area contributed by atoms with Gasteiger partial charge in [0.05, 0.1) is 11.1 Å². The van der Waals surface area contributed by atoms with Gasteiger partial charge in [-0.2, -0.15) is 0 Å². The van der Waals surface area contributed by atoms with E-state index in [1.165, 1.54) is 4.63 Å². The first-order chi connectivity index (χ1) is 7.79. The van der Waals surface area contributed by atoms with Crippen molar-refractivity contribution < 1.29 is 5.11 Å². The maximum Gasteiger partial charge on any atom is 0.200 e. The van der Waals surface area contributed by atoms with Crippen molar-refractivity contribution in [2.24, 2.45) is 0 Å². The van der Waals surface area contributed by atoms with Gasteiger partial charge in [0.25, 0.3) is 0 Å². The zero-order chi connectivity index (χ0) is 12.7. The van der Waals surface area contributed by atoms with E-state index >= 15 is 0 Å². The fourth-order valence-electron chi connectivity index (χ4n) is 1.19. The summed E-state index contributed by atoms with van der Waals surface area (Å²) in [5, 5.41) is 28.4. The summed E-state index contributed by atoms with van der Waals surface area (Å²) in [5.41, 5.74) is -0.831. The van der Waals surface area contributed by atoms with Gasteiger partial charge in [0.15, 0.2) is 5.65 Å². The maximum atomic E-state index is 10.0. The van der Waals surface area contributed by atoms with Crippen LogP contribution >= 0.6 is 0 Å². The molecular formula is C10H16N6O. The van der Waals surface area contributed by atoms with Crippen molar-refractivity contribution >= 4 is 11.5 Å². The predicted octanol–water partition coefficient (Wildman–Crippen LogP) is 0.481. The summed E-state index contributed by atoms with van der Waals surface area (Å²) in [5.74, 6) is 0.608. The Labute approximate surface area is 98.8 Å². The molecule has 0 aliphatic rings. The second-order valence-electron chi connectivity index (χ2n) is 5.05. The maximum absolute atomic E-state index is 10.0. The van der Waals surface area contributed by atoms with E-state index in [9.17, 15) is 5.11 Å². The SMILES string of the molecule is CC(C)(O)C(C)(C)Nc1ccc2nnnn2n1. The van der Waals surface area contributed by atoms with E-state index in [-0.39, 0.29) is 0 Å². The van der Waals surface area contributed by atoms with Crippen LogP contribution in [0.5, 0.6) is 0 Å². The molecule has 0 fully saturated rings. The second kappa shape index (κ2) is 3.63.